The van der Waals surface area contributed by atoms with Crippen molar-refractivity contribution in [3.63, 3.8) is 0 Å². The van der Waals surface area contributed by atoms with Crippen LogP contribution in [-0.2, 0) is 16.4 Å². The Bertz CT molecular complexity index is 1700. The summed E-state index contributed by atoms with van der Waals surface area (Å²) < 4.78 is 30.0. The number of nitrogens with one attached hydrogen (secondary N) is 1. The second kappa shape index (κ2) is 11.8. The van der Waals surface area contributed by atoms with E-state index in [0.29, 0.717) is 31.1 Å². The standard InChI is InChI=1S/C31H33N7O2S/c1-24(30-34-29-11-6-5-10-28(29)31(35-30)32-18-16-25-8-3-2-4-9-25)36-20-22-37(23-21-36)41(39,40)27-14-12-26(13-15-27)38-19-7-17-33-38/h2-15,17,19,24H,16,18,20-23H2,1H3,(H,32,34,35). The lowest BCUT2D eigenvalue weighted by Crippen LogP contribution is -2.49. The van der Waals surface area contributed by atoms with E-state index in [1.54, 1.807) is 39.4 Å². The summed E-state index contributed by atoms with van der Waals surface area (Å²) in [5, 5.41) is 8.73. The zero-order valence-corrected chi connectivity index (χ0v) is 23.8. The molecule has 2 aromatic heterocycles. The topological polar surface area (TPSA) is 96.3 Å². The van der Waals surface area contributed by atoms with Crippen LogP contribution in [-0.4, -0.2) is 70.1 Å². The molecular weight excluding hydrogens is 534 g/mol. The molecule has 5 aromatic rings. The highest BCUT2D eigenvalue weighted by atomic mass is 32.2. The monoisotopic (exact) mass is 567 g/mol. The number of para-hydroxylation sites is 1. The van der Waals surface area contributed by atoms with Gasteiger partial charge in [0.2, 0.25) is 10.0 Å². The largest absolute Gasteiger partial charge is 0.369 e. The van der Waals surface area contributed by atoms with Gasteiger partial charge in [-0.25, -0.2) is 23.1 Å². The van der Waals surface area contributed by atoms with Crippen molar-refractivity contribution in [1.82, 2.24) is 29.0 Å². The van der Waals surface area contributed by atoms with Crippen molar-refractivity contribution in [3.8, 4) is 5.69 Å². The van der Waals surface area contributed by atoms with Crippen LogP contribution in [0.5, 0.6) is 0 Å². The van der Waals surface area contributed by atoms with E-state index < -0.39 is 10.0 Å². The van der Waals surface area contributed by atoms with Crippen molar-refractivity contribution in [3.05, 3.63) is 109 Å². The highest BCUT2D eigenvalue weighted by molar-refractivity contribution is 7.89. The van der Waals surface area contributed by atoms with Crippen LogP contribution in [0.25, 0.3) is 16.6 Å². The van der Waals surface area contributed by atoms with Crippen molar-refractivity contribution in [2.75, 3.05) is 38.0 Å². The van der Waals surface area contributed by atoms with Gasteiger partial charge in [-0.15, -0.1) is 0 Å². The molecule has 0 spiro atoms. The van der Waals surface area contributed by atoms with Crippen molar-refractivity contribution >= 4 is 26.7 Å². The van der Waals surface area contributed by atoms with Crippen molar-refractivity contribution in [2.24, 2.45) is 0 Å². The molecule has 0 amide bonds. The van der Waals surface area contributed by atoms with Gasteiger partial charge in [0.1, 0.15) is 11.6 Å². The van der Waals surface area contributed by atoms with E-state index in [2.05, 4.69) is 46.5 Å². The predicted molar refractivity (Wildman–Crippen MR) is 160 cm³/mol. The van der Waals surface area contributed by atoms with Crippen LogP contribution < -0.4 is 5.32 Å². The van der Waals surface area contributed by atoms with Crippen LogP contribution in [0.15, 0.2) is 102 Å². The summed E-state index contributed by atoms with van der Waals surface area (Å²) >= 11 is 0. The van der Waals surface area contributed by atoms with Crippen LogP contribution >= 0.6 is 0 Å². The second-order valence-electron chi connectivity index (χ2n) is 10.2. The van der Waals surface area contributed by atoms with Gasteiger partial charge in [-0.05, 0) is 61.4 Å². The predicted octanol–water partition coefficient (Wildman–Crippen LogP) is 4.54. The highest BCUT2D eigenvalue weighted by Gasteiger charge is 2.31. The van der Waals surface area contributed by atoms with E-state index in [0.717, 1.165) is 41.2 Å². The van der Waals surface area contributed by atoms with Crippen molar-refractivity contribution in [1.29, 1.82) is 0 Å². The molecule has 3 heterocycles. The Kier molecular flexibility index (Phi) is 7.78. The average Bonchev–Trinajstić information content (AvgIpc) is 3.57. The third-order valence-corrected chi connectivity index (χ3v) is 9.52. The fourth-order valence-electron chi connectivity index (χ4n) is 5.22. The van der Waals surface area contributed by atoms with Gasteiger partial charge in [-0.1, -0.05) is 42.5 Å². The van der Waals surface area contributed by atoms with E-state index in [9.17, 15) is 8.42 Å². The maximum Gasteiger partial charge on any atom is 0.243 e. The zero-order valence-electron chi connectivity index (χ0n) is 23.0. The average molecular weight is 568 g/mol. The Labute approximate surface area is 240 Å². The van der Waals surface area contributed by atoms with Crippen LogP contribution in [0.3, 0.4) is 0 Å². The van der Waals surface area contributed by atoms with Gasteiger partial charge in [0, 0.05) is 50.5 Å². The first-order chi connectivity index (χ1) is 20.0. The number of anilines is 1. The first kappa shape index (κ1) is 27.1. The first-order valence-electron chi connectivity index (χ1n) is 13.9. The molecule has 0 radical (unpaired) electrons. The molecule has 3 aromatic carbocycles. The van der Waals surface area contributed by atoms with Crippen molar-refractivity contribution in [2.45, 2.75) is 24.3 Å². The van der Waals surface area contributed by atoms with E-state index >= 15 is 0 Å². The molecule has 1 atom stereocenters. The van der Waals surface area contributed by atoms with Gasteiger partial charge in [0.25, 0.3) is 0 Å². The number of piperazine rings is 1. The molecule has 0 saturated carbocycles. The Morgan fingerprint density at radius 1 is 0.854 bits per heavy atom. The number of rotatable bonds is 9. The van der Waals surface area contributed by atoms with Crippen LogP contribution in [0.2, 0.25) is 0 Å². The Morgan fingerprint density at radius 2 is 1.59 bits per heavy atom. The van der Waals surface area contributed by atoms with Crippen molar-refractivity contribution < 1.29 is 8.42 Å². The number of hydrogen-bond donors (Lipinski definition) is 1. The summed E-state index contributed by atoms with van der Waals surface area (Å²) in [5.74, 6) is 1.56. The van der Waals surface area contributed by atoms with E-state index in [1.165, 1.54) is 5.56 Å². The number of nitrogens with zero attached hydrogens (tertiary/aromatic N) is 6. The zero-order chi connectivity index (χ0) is 28.2. The lowest BCUT2D eigenvalue weighted by Gasteiger charge is -2.36. The second-order valence-corrected chi connectivity index (χ2v) is 12.1. The maximum atomic E-state index is 13.4. The van der Waals surface area contributed by atoms with E-state index in [1.807, 2.05) is 42.6 Å². The quantitative estimate of drug-likeness (QED) is 0.279. The highest BCUT2D eigenvalue weighted by Crippen LogP contribution is 2.27. The minimum absolute atomic E-state index is 0.0625. The number of aromatic nitrogens is 4. The van der Waals surface area contributed by atoms with Gasteiger partial charge in [-0.3, -0.25) is 4.90 Å². The lowest BCUT2D eigenvalue weighted by molar-refractivity contribution is 0.141. The number of hydrogen-bond acceptors (Lipinski definition) is 7. The summed E-state index contributed by atoms with van der Waals surface area (Å²) in [5.41, 5.74) is 2.98. The smallest absolute Gasteiger partial charge is 0.243 e. The maximum absolute atomic E-state index is 13.4. The molecule has 1 aliphatic rings. The minimum Gasteiger partial charge on any atom is -0.369 e. The molecule has 0 bridgehead atoms. The molecule has 10 heteroatoms. The minimum atomic E-state index is -3.59. The van der Waals surface area contributed by atoms with Gasteiger partial charge < -0.3 is 5.32 Å². The Balaban J connectivity index is 1.13. The van der Waals surface area contributed by atoms with Crippen LogP contribution in [0.1, 0.15) is 24.4 Å². The van der Waals surface area contributed by atoms with Gasteiger partial charge in [0.05, 0.1) is 22.1 Å². The number of fused-ring (bicyclic) bond motifs is 1. The molecule has 0 aliphatic carbocycles. The third-order valence-electron chi connectivity index (χ3n) is 7.61. The summed E-state index contributed by atoms with van der Waals surface area (Å²) in [7, 11) is -3.59. The molecule has 210 valence electrons. The number of sulfonamides is 1. The molecule has 6 rings (SSSR count). The summed E-state index contributed by atoms with van der Waals surface area (Å²) in [4.78, 5) is 12.4. The summed E-state index contributed by atoms with van der Waals surface area (Å²) in [6.45, 7) is 4.86. The van der Waals surface area contributed by atoms with Gasteiger partial charge in [-0.2, -0.15) is 9.40 Å². The molecular formula is C31H33N7O2S. The molecule has 1 saturated heterocycles. The van der Waals surface area contributed by atoms with E-state index in [4.69, 9.17) is 9.97 Å². The molecule has 1 aliphatic heterocycles. The normalized spacial score (nSPS) is 15.6. The van der Waals surface area contributed by atoms with E-state index in [-0.39, 0.29) is 6.04 Å². The first-order valence-corrected chi connectivity index (χ1v) is 15.3. The molecule has 9 nitrogen and oxygen atoms in total. The molecule has 1 N–H and O–H groups in total. The Hall–Kier alpha value is -4.12. The lowest BCUT2D eigenvalue weighted by atomic mass is 10.1. The summed E-state index contributed by atoms with van der Waals surface area (Å²) in [6, 6.07) is 27.1. The molecule has 41 heavy (non-hydrogen) atoms. The fraction of sp³-hybridized carbons (Fsp3) is 0.258. The fourth-order valence-corrected chi connectivity index (χ4v) is 6.64. The van der Waals surface area contributed by atoms with Crippen LogP contribution in [0, 0.1) is 0 Å². The summed E-state index contributed by atoms with van der Waals surface area (Å²) in [6.07, 6.45) is 4.41. The Morgan fingerprint density at radius 3 is 2.32 bits per heavy atom. The SMILES string of the molecule is CC(c1nc(NCCc2ccccc2)c2ccccc2n1)N1CCN(S(=O)(=O)c2ccc(-n3cccn3)cc2)CC1. The number of benzene rings is 3. The third kappa shape index (κ3) is 5.85. The van der Waals surface area contributed by atoms with Crippen LogP contribution in [0.4, 0.5) is 5.82 Å². The van der Waals surface area contributed by atoms with Gasteiger partial charge >= 0.3 is 0 Å². The van der Waals surface area contributed by atoms with Gasteiger partial charge in [0.15, 0.2) is 0 Å². The molecule has 1 fully saturated rings. The molecule has 1 unspecified atom stereocenters.